The number of Topliss-reactive ketones (excluding diaryl/α,β-unsaturated/α-hetero) is 1. The first-order valence-electron chi connectivity index (χ1n) is 7.53. The molecule has 2 N–H and O–H groups in total. The summed E-state index contributed by atoms with van der Waals surface area (Å²) in [5, 5.41) is 12.7. The van der Waals surface area contributed by atoms with Gasteiger partial charge in [0.1, 0.15) is 21.8 Å². The van der Waals surface area contributed by atoms with Crippen LogP contribution in [0.1, 0.15) is 0 Å². The molecule has 10 nitrogen and oxygen atoms in total. The molecule has 1 aromatic rings. The van der Waals surface area contributed by atoms with Crippen molar-refractivity contribution >= 4 is 33.3 Å². The highest BCUT2D eigenvalue weighted by molar-refractivity contribution is 9.10. The van der Waals surface area contributed by atoms with Crippen molar-refractivity contribution in [2.75, 3.05) is 19.4 Å². The van der Waals surface area contributed by atoms with Gasteiger partial charge in [-0.3, -0.25) is 19.2 Å². The van der Waals surface area contributed by atoms with E-state index in [1.807, 2.05) is 0 Å². The molecule has 0 saturated heterocycles. The smallest absolute Gasteiger partial charge is 0.289 e. The fourth-order valence-electron chi connectivity index (χ4n) is 2.40. The van der Waals surface area contributed by atoms with Crippen LogP contribution in [0.4, 0.5) is 5.69 Å². The SMILES string of the molecule is [C-]#[N+]C1=C(O)C(C(=O)N(C)C)C(=O)C(Nc2c(Br)c(=O)n(C)n(C)c2=O)=C1. The molecule has 0 aromatic carbocycles. The zero-order valence-corrected chi connectivity index (χ0v) is 16.5. The van der Waals surface area contributed by atoms with Gasteiger partial charge in [0.15, 0.2) is 5.78 Å². The molecule has 0 saturated carbocycles. The molecule has 142 valence electrons. The van der Waals surface area contributed by atoms with E-state index in [9.17, 15) is 24.3 Å². The molecule has 2 rings (SSSR count). The van der Waals surface area contributed by atoms with Crippen LogP contribution in [0, 0.1) is 12.5 Å². The predicted octanol–water partition coefficient (Wildman–Crippen LogP) is 0.118. The van der Waals surface area contributed by atoms with Gasteiger partial charge in [-0.1, -0.05) is 0 Å². The number of carbonyl (C=O) groups excluding carboxylic acids is 2. The minimum absolute atomic E-state index is 0.111. The largest absolute Gasteiger partial charge is 0.522 e. The van der Waals surface area contributed by atoms with Crippen LogP contribution in [0.2, 0.25) is 0 Å². The van der Waals surface area contributed by atoms with Gasteiger partial charge in [-0.2, -0.15) is 0 Å². The molecule has 1 unspecified atom stereocenters. The first kappa shape index (κ1) is 20.2. The Hall–Kier alpha value is -3.13. The van der Waals surface area contributed by atoms with E-state index in [-0.39, 0.29) is 21.6 Å². The second kappa shape index (κ2) is 7.24. The molecule has 0 aliphatic heterocycles. The third-order valence-electron chi connectivity index (χ3n) is 4.07. The Kier molecular flexibility index (Phi) is 5.41. The van der Waals surface area contributed by atoms with E-state index in [0.717, 1.165) is 20.3 Å². The number of hydrogen-bond donors (Lipinski definition) is 2. The number of carbonyl (C=O) groups is 2. The Morgan fingerprint density at radius 3 is 2.33 bits per heavy atom. The van der Waals surface area contributed by atoms with Crippen molar-refractivity contribution in [1.82, 2.24) is 14.3 Å². The van der Waals surface area contributed by atoms with Crippen LogP contribution in [0.25, 0.3) is 4.85 Å². The van der Waals surface area contributed by atoms with Crippen LogP contribution in [-0.2, 0) is 23.7 Å². The van der Waals surface area contributed by atoms with Gasteiger partial charge in [0.05, 0.1) is 12.3 Å². The minimum atomic E-state index is -1.61. The van der Waals surface area contributed by atoms with Crippen molar-refractivity contribution in [3.63, 3.8) is 0 Å². The molecule has 11 heteroatoms. The Labute approximate surface area is 161 Å². The van der Waals surface area contributed by atoms with E-state index in [1.165, 1.54) is 28.2 Å². The minimum Gasteiger partial charge on any atom is -0.522 e. The van der Waals surface area contributed by atoms with Crippen molar-refractivity contribution in [3.05, 3.63) is 59.8 Å². The summed E-state index contributed by atoms with van der Waals surface area (Å²) < 4.78 is 2.00. The van der Waals surface area contributed by atoms with Crippen molar-refractivity contribution in [1.29, 1.82) is 0 Å². The third-order valence-corrected chi connectivity index (χ3v) is 4.81. The summed E-state index contributed by atoms with van der Waals surface area (Å²) in [6, 6.07) is 0. The van der Waals surface area contributed by atoms with Gasteiger partial charge in [0.2, 0.25) is 11.6 Å². The number of allylic oxidation sites excluding steroid dienone is 2. The fourth-order valence-corrected chi connectivity index (χ4v) is 2.93. The lowest BCUT2D eigenvalue weighted by Crippen LogP contribution is -2.41. The maximum atomic E-state index is 12.7. The quantitative estimate of drug-likeness (QED) is 0.512. The molecule has 0 spiro atoms. The molecule has 1 heterocycles. The zero-order valence-electron chi connectivity index (χ0n) is 14.9. The van der Waals surface area contributed by atoms with Crippen LogP contribution in [0.3, 0.4) is 0 Å². The lowest BCUT2D eigenvalue weighted by atomic mass is 9.91. The van der Waals surface area contributed by atoms with E-state index < -0.39 is 34.5 Å². The monoisotopic (exact) mass is 437 g/mol. The molecule has 1 amide bonds. The Morgan fingerprint density at radius 2 is 1.81 bits per heavy atom. The average molecular weight is 438 g/mol. The van der Waals surface area contributed by atoms with Gasteiger partial charge in [-0.25, -0.2) is 14.2 Å². The number of ketones is 1. The first-order chi connectivity index (χ1) is 12.5. The molecule has 1 aliphatic rings. The normalized spacial score (nSPS) is 16.7. The van der Waals surface area contributed by atoms with Crippen LogP contribution >= 0.6 is 15.9 Å². The number of halogens is 1. The topological polar surface area (TPSA) is 118 Å². The Balaban J connectivity index is 2.63. The van der Waals surface area contributed by atoms with Crippen LogP contribution < -0.4 is 16.4 Å². The van der Waals surface area contributed by atoms with Gasteiger partial charge >= 0.3 is 0 Å². The summed E-state index contributed by atoms with van der Waals surface area (Å²) in [6.45, 7) is 7.15. The number of hydrogen-bond acceptors (Lipinski definition) is 6. The highest BCUT2D eigenvalue weighted by Gasteiger charge is 2.39. The van der Waals surface area contributed by atoms with E-state index >= 15 is 0 Å². The van der Waals surface area contributed by atoms with Gasteiger partial charge in [-0.05, 0) is 22.0 Å². The Bertz CT molecular complexity index is 1070. The molecule has 1 aliphatic carbocycles. The van der Waals surface area contributed by atoms with Crippen molar-refractivity contribution in [2.24, 2.45) is 20.0 Å². The zero-order chi connectivity index (χ0) is 20.6. The maximum absolute atomic E-state index is 12.7. The van der Waals surface area contributed by atoms with Crippen LogP contribution in [-0.4, -0.2) is 45.2 Å². The molecule has 1 aromatic heterocycles. The molecular weight excluding hydrogens is 422 g/mol. The molecule has 1 atom stereocenters. The molecule has 0 radical (unpaired) electrons. The number of nitrogens with zero attached hydrogens (tertiary/aromatic N) is 4. The molecule has 27 heavy (non-hydrogen) atoms. The summed E-state index contributed by atoms with van der Waals surface area (Å²) in [7, 11) is 5.57. The number of anilines is 1. The number of aliphatic hydroxyl groups excluding tert-OH is 1. The average Bonchev–Trinajstić information content (AvgIpc) is 2.63. The van der Waals surface area contributed by atoms with Gasteiger partial charge < -0.3 is 15.3 Å². The third kappa shape index (κ3) is 3.31. The standard InChI is InChI=1S/C16H16BrN5O5/c1-18-7-6-8(13(24)9(12(7)23)14(25)20(2)3)19-11-10(17)15(26)21(4)22(5)16(11)27/h6,9,19,23H,2-5H3. The summed E-state index contributed by atoms with van der Waals surface area (Å²) >= 11 is 3.03. The maximum Gasteiger partial charge on any atom is 0.289 e. The second-order valence-corrected chi connectivity index (χ2v) is 6.73. The number of nitrogens with one attached hydrogen (secondary N) is 1. The van der Waals surface area contributed by atoms with E-state index in [0.29, 0.717) is 0 Å². The highest BCUT2D eigenvalue weighted by atomic mass is 79.9. The van der Waals surface area contributed by atoms with Crippen molar-refractivity contribution in [2.45, 2.75) is 0 Å². The summed E-state index contributed by atoms with van der Waals surface area (Å²) in [6.07, 6.45) is 1.04. The van der Waals surface area contributed by atoms with E-state index in [2.05, 4.69) is 26.1 Å². The van der Waals surface area contributed by atoms with E-state index in [4.69, 9.17) is 6.57 Å². The fraction of sp³-hybridized carbons (Fsp3) is 0.312. The van der Waals surface area contributed by atoms with Crippen molar-refractivity contribution in [3.8, 4) is 0 Å². The van der Waals surface area contributed by atoms with E-state index in [1.54, 1.807) is 0 Å². The summed E-state index contributed by atoms with van der Waals surface area (Å²) in [4.78, 5) is 53.9. The van der Waals surface area contributed by atoms with Crippen molar-refractivity contribution < 1.29 is 14.7 Å². The molecule has 0 bridgehead atoms. The van der Waals surface area contributed by atoms with Crippen LogP contribution in [0.15, 0.2) is 37.3 Å². The number of amides is 1. The van der Waals surface area contributed by atoms with Crippen LogP contribution in [0.5, 0.6) is 0 Å². The first-order valence-corrected chi connectivity index (χ1v) is 8.32. The lowest BCUT2D eigenvalue weighted by molar-refractivity contribution is -0.137. The molecular formula is C16H16BrN5O5. The lowest BCUT2D eigenvalue weighted by Gasteiger charge is -2.24. The van der Waals surface area contributed by atoms with Gasteiger partial charge in [-0.15, -0.1) is 0 Å². The highest BCUT2D eigenvalue weighted by Crippen LogP contribution is 2.28. The number of aromatic nitrogens is 2. The second-order valence-electron chi connectivity index (χ2n) is 5.94. The summed E-state index contributed by atoms with van der Waals surface area (Å²) in [5.41, 5.74) is -1.94. The Morgan fingerprint density at radius 1 is 1.26 bits per heavy atom. The summed E-state index contributed by atoms with van der Waals surface area (Å²) in [5.74, 6) is -3.81. The van der Waals surface area contributed by atoms with Gasteiger partial charge in [0, 0.05) is 28.2 Å². The number of aliphatic hydroxyl groups is 1. The van der Waals surface area contributed by atoms with Gasteiger partial charge in [0.25, 0.3) is 11.1 Å². The predicted molar refractivity (Wildman–Crippen MR) is 99.8 cm³/mol. The number of rotatable bonds is 3. The molecule has 0 fully saturated rings.